The van der Waals surface area contributed by atoms with E-state index < -0.39 is 0 Å². The van der Waals surface area contributed by atoms with Crippen molar-refractivity contribution < 1.29 is 4.79 Å². The minimum absolute atomic E-state index is 0.359. The number of hydrogen-bond acceptors (Lipinski definition) is 2. The van der Waals surface area contributed by atoms with Crippen LogP contribution in [0.5, 0.6) is 0 Å². The Balaban J connectivity index is 2.93. The zero-order valence-corrected chi connectivity index (χ0v) is 3.86. The van der Waals surface area contributed by atoms with Gasteiger partial charge < -0.3 is 0 Å². The van der Waals surface area contributed by atoms with Crippen LogP contribution in [0.1, 0.15) is 0 Å². The van der Waals surface area contributed by atoms with Crippen molar-refractivity contribution >= 4 is 14.8 Å². The zero-order valence-electron chi connectivity index (χ0n) is 2.86. The van der Waals surface area contributed by atoms with E-state index in [9.17, 15) is 0 Å². The van der Waals surface area contributed by atoms with E-state index in [1.807, 2.05) is 6.66 Å². The average Bonchev–Trinajstić information content (AvgIpc) is 1.41. The Morgan fingerprint density at radius 3 is 2.60 bits per heavy atom. The molecular formula is C2H4NOP. The fraction of sp³-hybridized carbons (Fsp3) is 0.500. The van der Waals surface area contributed by atoms with Gasteiger partial charge in [-0.05, 0) is 6.66 Å². The van der Waals surface area contributed by atoms with Gasteiger partial charge in [0, 0.05) is 8.73 Å². The molecule has 0 aromatic heterocycles. The van der Waals surface area contributed by atoms with E-state index in [0.717, 1.165) is 0 Å². The van der Waals surface area contributed by atoms with Gasteiger partial charge in [-0.25, -0.2) is 4.79 Å². The zero-order chi connectivity index (χ0) is 4.12. The van der Waals surface area contributed by atoms with E-state index in [2.05, 4.69) is 4.76 Å². The molecule has 0 saturated carbocycles. The van der Waals surface area contributed by atoms with Gasteiger partial charge in [0.1, 0.15) is 0 Å². The van der Waals surface area contributed by atoms with Gasteiger partial charge in [0.15, 0.2) is 0 Å². The van der Waals surface area contributed by atoms with Crippen LogP contribution in [0.25, 0.3) is 0 Å². The van der Waals surface area contributed by atoms with Crippen molar-refractivity contribution in [3.8, 4) is 0 Å². The molecule has 28 valence electrons. The number of isocyanates is 1. The highest BCUT2D eigenvalue weighted by molar-refractivity contribution is 7.35. The van der Waals surface area contributed by atoms with Gasteiger partial charge >= 0.3 is 0 Å². The van der Waals surface area contributed by atoms with Crippen molar-refractivity contribution in [1.29, 1.82) is 0 Å². The molecule has 1 unspecified atom stereocenters. The van der Waals surface area contributed by atoms with Crippen LogP contribution >= 0.6 is 8.73 Å². The molecule has 5 heavy (non-hydrogen) atoms. The van der Waals surface area contributed by atoms with Crippen molar-refractivity contribution in [3.63, 3.8) is 0 Å². The number of nitrogens with zero attached hydrogens (tertiary/aromatic N) is 1. The lowest BCUT2D eigenvalue weighted by atomic mass is 11.7. The fourth-order valence-electron chi connectivity index (χ4n) is 0.0456. The summed E-state index contributed by atoms with van der Waals surface area (Å²) in [5.74, 6) is 0. The van der Waals surface area contributed by atoms with Gasteiger partial charge in [0.05, 0.1) is 0 Å². The van der Waals surface area contributed by atoms with Crippen LogP contribution < -0.4 is 0 Å². The summed E-state index contributed by atoms with van der Waals surface area (Å²) < 4.78 is 3.19. The Hall–Kier alpha value is -0.190. The van der Waals surface area contributed by atoms with Crippen LogP contribution in [0.2, 0.25) is 0 Å². The maximum Gasteiger partial charge on any atom is 0.238 e. The third-order valence-electron chi connectivity index (χ3n) is 0.157. The van der Waals surface area contributed by atoms with Crippen molar-refractivity contribution in [2.24, 2.45) is 4.76 Å². The molecule has 0 aromatic carbocycles. The lowest BCUT2D eigenvalue weighted by Gasteiger charge is -1.58. The highest BCUT2D eigenvalue weighted by Crippen LogP contribution is 1.97. The fourth-order valence-corrected chi connectivity index (χ4v) is 0.137. The lowest BCUT2D eigenvalue weighted by Crippen LogP contribution is -1.34. The second-order valence-corrected chi connectivity index (χ2v) is 1.10. The van der Waals surface area contributed by atoms with E-state index in [1.54, 1.807) is 0 Å². The van der Waals surface area contributed by atoms with E-state index in [4.69, 9.17) is 4.79 Å². The largest absolute Gasteiger partial charge is 0.238 e. The molecule has 2 nitrogen and oxygen atoms in total. The molecule has 0 aliphatic rings. The highest BCUT2D eigenvalue weighted by atomic mass is 31.1. The molecule has 0 spiro atoms. The molecule has 0 bridgehead atoms. The van der Waals surface area contributed by atoms with Crippen molar-refractivity contribution in [2.45, 2.75) is 0 Å². The molecule has 1 atom stereocenters. The monoisotopic (exact) mass is 89.0 g/mol. The summed E-state index contributed by atoms with van der Waals surface area (Å²) in [5.41, 5.74) is 0. The molecule has 0 N–H and O–H groups in total. The summed E-state index contributed by atoms with van der Waals surface area (Å²) in [6.45, 7) is 1.81. The van der Waals surface area contributed by atoms with Crippen molar-refractivity contribution in [2.75, 3.05) is 6.66 Å². The van der Waals surface area contributed by atoms with Gasteiger partial charge in [-0.1, -0.05) is 0 Å². The van der Waals surface area contributed by atoms with E-state index in [-0.39, 0.29) is 0 Å². The van der Waals surface area contributed by atoms with Gasteiger partial charge in [-0.3, -0.25) is 0 Å². The molecule has 0 heterocycles. The lowest BCUT2D eigenvalue weighted by molar-refractivity contribution is 0.566. The van der Waals surface area contributed by atoms with Crippen LogP contribution in [-0.4, -0.2) is 12.7 Å². The smallest absolute Gasteiger partial charge is 0.211 e. The Kier molecular flexibility index (Phi) is 3.67. The van der Waals surface area contributed by atoms with Crippen LogP contribution in [0, 0.1) is 0 Å². The highest BCUT2D eigenvalue weighted by Gasteiger charge is 1.51. The van der Waals surface area contributed by atoms with Gasteiger partial charge in [0.25, 0.3) is 0 Å². The van der Waals surface area contributed by atoms with Gasteiger partial charge in [-0.2, -0.15) is 4.76 Å². The molecule has 3 heteroatoms. The van der Waals surface area contributed by atoms with Crippen LogP contribution in [0.4, 0.5) is 0 Å². The first-order chi connectivity index (χ1) is 2.41. The number of rotatable bonds is 1. The molecule has 0 aromatic rings. The predicted molar refractivity (Wildman–Crippen MR) is 22.4 cm³/mol. The summed E-state index contributed by atoms with van der Waals surface area (Å²) in [5, 5.41) is 0. The molecule has 0 amide bonds. The molecule has 0 radical (unpaired) electrons. The third kappa shape index (κ3) is 3.81. The standard InChI is InChI=1S/C2H4NOP/c1-5-3-2-4/h5H,1H3. The number of hydrogen-bond donors (Lipinski definition) is 0. The van der Waals surface area contributed by atoms with Crippen molar-refractivity contribution in [3.05, 3.63) is 0 Å². The van der Waals surface area contributed by atoms with E-state index >= 15 is 0 Å². The van der Waals surface area contributed by atoms with Crippen LogP contribution in [0.15, 0.2) is 4.76 Å². The molecular weight excluding hydrogens is 85.0 g/mol. The third-order valence-corrected chi connectivity index (χ3v) is 0.472. The Morgan fingerprint density at radius 1 is 2.00 bits per heavy atom. The Bertz CT molecular complexity index is 56.7. The van der Waals surface area contributed by atoms with Crippen LogP contribution in [0.3, 0.4) is 0 Å². The minimum atomic E-state index is 0.359. The molecule has 0 aliphatic heterocycles. The normalized spacial score (nSPS) is 8.20. The quantitative estimate of drug-likeness (QED) is 0.262. The molecule has 0 aliphatic carbocycles. The second-order valence-electron chi connectivity index (χ2n) is 0.427. The number of carbonyl (C=O) groups excluding carboxylic acids is 1. The topological polar surface area (TPSA) is 29.4 Å². The Morgan fingerprint density at radius 2 is 2.60 bits per heavy atom. The van der Waals surface area contributed by atoms with E-state index in [1.165, 1.54) is 6.08 Å². The minimum Gasteiger partial charge on any atom is -0.211 e. The summed E-state index contributed by atoms with van der Waals surface area (Å²) in [6, 6.07) is 0. The Labute approximate surface area is 32.1 Å². The average molecular weight is 89.0 g/mol. The summed E-state index contributed by atoms with van der Waals surface area (Å²) in [7, 11) is 0.359. The maximum atomic E-state index is 9.12. The first kappa shape index (κ1) is 4.81. The molecule has 0 rings (SSSR count). The first-order valence-electron chi connectivity index (χ1n) is 1.15. The van der Waals surface area contributed by atoms with Crippen molar-refractivity contribution in [1.82, 2.24) is 0 Å². The van der Waals surface area contributed by atoms with Gasteiger partial charge in [-0.15, -0.1) is 0 Å². The maximum absolute atomic E-state index is 9.12. The van der Waals surface area contributed by atoms with Gasteiger partial charge in [0.2, 0.25) is 6.08 Å². The predicted octanol–water partition coefficient (Wildman–Crippen LogP) is 0.545. The summed E-state index contributed by atoms with van der Waals surface area (Å²) >= 11 is 0. The van der Waals surface area contributed by atoms with E-state index in [0.29, 0.717) is 8.73 Å². The second kappa shape index (κ2) is 3.81. The molecule has 0 saturated heterocycles. The SMILES string of the molecule is CPN=C=O. The van der Waals surface area contributed by atoms with Crippen LogP contribution in [-0.2, 0) is 4.79 Å². The molecule has 0 fully saturated rings. The summed E-state index contributed by atoms with van der Waals surface area (Å²) in [4.78, 5) is 9.12. The summed E-state index contributed by atoms with van der Waals surface area (Å²) in [6.07, 6.45) is 1.40. The first-order valence-corrected chi connectivity index (χ1v) is 2.60.